The summed E-state index contributed by atoms with van der Waals surface area (Å²) in [6.45, 7) is 0.227. The first-order valence-electron chi connectivity index (χ1n) is 13.5. The fraction of sp³-hybridized carbons (Fsp3) is 0.103. The summed E-state index contributed by atoms with van der Waals surface area (Å²) < 4.78 is 6.45. The van der Waals surface area contributed by atoms with E-state index in [1.165, 1.54) is 0 Å². The van der Waals surface area contributed by atoms with E-state index in [-0.39, 0.29) is 6.54 Å². The van der Waals surface area contributed by atoms with Crippen LogP contribution in [0.4, 0.5) is 22.7 Å². The lowest BCUT2D eigenvalue weighted by Gasteiger charge is -2.57. The van der Waals surface area contributed by atoms with Crippen molar-refractivity contribution >= 4 is 44.1 Å². The smallest absolute Gasteiger partial charge is 0.395 e. The van der Waals surface area contributed by atoms with Crippen LogP contribution in [0.25, 0.3) is 0 Å². The minimum atomic E-state index is -0.932. The standard InChI is InChI=1S/C29H31B3N6O2/c33-30-36(25-15-7-2-8-16-25)31(34-24-13-5-1-6-14-24)38(27-19-11-4-12-20-27)32(35-23-28(39)21-22-29(35)40)37(30)26-17-9-3-10-18-26/h1-22,28-29,34,39-40H,23,33H2. The van der Waals surface area contributed by atoms with Crippen molar-refractivity contribution in [2.24, 2.45) is 5.64 Å². The minimum absolute atomic E-state index is 0.227. The molecule has 4 aromatic rings. The van der Waals surface area contributed by atoms with Crippen molar-refractivity contribution in [3.05, 3.63) is 133 Å². The van der Waals surface area contributed by atoms with E-state index >= 15 is 0 Å². The number of rotatable bonds is 6. The Morgan fingerprint density at radius 3 is 1.65 bits per heavy atom. The predicted octanol–water partition coefficient (Wildman–Crippen LogP) is 3.10. The van der Waals surface area contributed by atoms with Crippen LogP contribution in [0, 0.1) is 0 Å². The number of β-amino-alcohol motifs (C(OH)–C–C–N with tert-alkyl or cyclic N) is 1. The number of nitrogens with two attached hydrogens (primary N) is 1. The van der Waals surface area contributed by atoms with Crippen LogP contribution in [0.2, 0.25) is 0 Å². The molecule has 5 N–H and O–H groups in total. The molecule has 0 radical (unpaired) electrons. The Kier molecular flexibility index (Phi) is 7.52. The van der Waals surface area contributed by atoms with Crippen LogP contribution in [0.5, 0.6) is 0 Å². The Labute approximate surface area is 236 Å². The molecule has 0 amide bonds. The normalized spacial score (nSPS) is 19.8. The van der Waals surface area contributed by atoms with Crippen LogP contribution >= 0.6 is 0 Å². The molecular formula is C29H31B3N6O2. The Hall–Kier alpha value is -4.15. The molecule has 198 valence electrons. The Morgan fingerprint density at radius 1 is 0.625 bits per heavy atom. The molecule has 4 aromatic carbocycles. The zero-order valence-electron chi connectivity index (χ0n) is 22.1. The number of aliphatic hydroxyl groups is 2. The highest BCUT2D eigenvalue weighted by molar-refractivity contribution is 7.04. The minimum Gasteiger partial charge on any atom is -0.395 e. The summed E-state index contributed by atoms with van der Waals surface area (Å²) in [4.78, 5) is 1.88. The number of anilines is 4. The predicted molar refractivity (Wildman–Crippen MR) is 166 cm³/mol. The first-order chi connectivity index (χ1) is 19.6. The van der Waals surface area contributed by atoms with Gasteiger partial charge in [0.05, 0.1) is 6.10 Å². The average Bonchev–Trinajstić information content (AvgIpc) is 3.00. The van der Waals surface area contributed by atoms with Gasteiger partial charge in [0, 0.05) is 29.3 Å². The van der Waals surface area contributed by atoms with Crippen molar-refractivity contribution in [1.29, 1.82) is 0 Å². The van der Waals surface area contributed by atoms with E-state index in [1.54, 1.807) is 12.2 Å². The van der Waals surface area contributed by atoms with E-state index in [0.29, 0.717) is 0 Å². The quantitative estimate of drug-likeness (QED) is 0.225. The van der Waals surface area contributed by atoms with Gasteiger partial charge in [0.2, 0.25) is 0 Å². The molecule has 0 aliphatic carbocycles. The van der Waals surface area contributed by atoms with Gasteiger partial charge in [-0.2, -0.15) is 0 Å². The zero-order chi connectivity index (χ0) is 27.5. The second-order valence-electron chi connectivity index (χ2n) is 9.94. The van der Waals surface area contributed by atoms with Gasteiger partial charge in [-0.15, -0.1) is 0 Å². The monoisotopic (exact) mass is 528 g/mol. The molecule has 11 heteroatoms. The number of benzene rings is 4. The summed E-state index contributed by atoms with van der Waals surface area (Å²) in [7, 11) is -1.69. The molecule has 0 saturated carbocycles. The molecule has 6 rings (SSSR count). The summed E-state index contributed by atoms with van der Waals surface area (Å²) in [6.07, 6.45) is 1.61. The third-order valence-corrected chi connectivity index (χ3v) is 7.37. The van der Waals surface area contributed by atoms with Gasteiger partial charge in [0.25, 0.3) is 0 Å². The van der Waals surface area contributed by atoms with Gasteiger partial charge >= 0.3 is 21.4 Å². The first kappa shape index (κ1) is 26.1. The molecule has 2 atom stereocenters. The molecule has 1 saturated heterocycles. The van der Waals surface area contributed by atoms with Gasteiger partial charge in [-0.05, 0) is 54.6 Å². The summed E-state index contributed by atoms with van der Waals surface area (Å²) in [5, 5.41) is 25.8. The second kappa shape index (κ2) is 11.5. The van der Waals surface area contributed by atoms with Crippen molar-refractivity contribution < 1.29 is 10.2 Å². The number of para-hydroxylation sites is 4. The van der Waals surface area contributed by atoms with E-state index in [0.717, 1.165) is 22.7 Å². The van der Waals surface area contributed by atoms with E-state index < -0.39 is 33.7 Å². The lowest BCUT2D eigenvalue weighted by Crippen LogP contribution is -2.87. The van der Waals surface area contributed by atoms with Gasteiger partial charge in [0.15, 0.2) is 0 Å². The fourth-order valence-electron chi connectivity index (χ4n) is 5.56. The van der Waals surface area contributed by atoms with Gasteiger partial charge in [-0.1, -0.05) is 78.9 Å². The molecule has 8 nitrogen and oxygen atoms in total. The molecule has 0 bridgehead atoms. The third-order valence-electron chi connectivity index (χ3n) is 7.37. The summed E-state index contributed by atoms with van der Waals surface area (Å²) in [5.74, 6) is 0. The Bertz CT molecular complexity index is 1410. The molecule has 1 fully saturated rings. The summed E-state index contributed by atoms with van der Waals surface area (Å²) in [5.41, 5.74) is 10.9. The molecule has 2 unspecified atom stereocenters. The van der Waals surface area contributed by atoms with E-state index in [1.807, 2.05) is 102 Å². The van der Waals surface area contributed by atoms with Gasteiger partial charge in [0.1, 0.15) is 6.23 Å². The highest BCUT2D eigenvalue weighted by Gasteiger charge is 2.57. The zero-order valence-corrected chi connectivity index (χ0v) is 22.1. The topological polar surface area (TPSA) is 91.5 Å². The van der Waals surface area contributed by atoms with Crippen LogP contribution < -0.4 is 25.0 Å². The van der Waals surface area contributed by atoms with Crippen molar-refractivity contribution in [2.45, 2.75) is 12.3 Å². The van der Waals surface area contributed by atoms with Crippen molar-refractivity contribution in [3.63, 3.8) is 0 Å². The number of hydrogen-bond donors (Lipinski definition) is 4. The fourth-order valence-corrected chi connectivity index (χ4v) is 5.56. The molecule has 0 spiro atoms. The summed E-state index contributed by atoms with van der Waals surface area (Å²) >= 11 is 0. The summed E-state index contributed by atoms with van der Waals surface area (Å²) in [6, 6.07) is 40.2. The van der Waals surface area contributed by atoms with Crippen LogP contribution in [0.3, 0.4) is 0 Å². The molecule has 2 heterocycles. The van der Waals surface area contributed by atoms with Gasteiger partial charge < -0.3 is 35.3 Å². The van der Waals surface area contributed by atoms with Crippen LogP contribution in [-0.4, -0.2) is 55.3 Å². The highest BCUT2D eigenvalue weighted by atomic mass is 16.3. The van der Waals surface area contributed by atoms with Crippen molar-refractivity contribution in [1.82, 2.24) is 4.81 Å². The molecule has 2 aliphatic rings. The average molecular weight is 528 g/mol. The maximum absolute atomic E-state index is 11.3. The molecule has 0 aromatic heterocycles. The highest BCUT2D eigenvalue weighted by Crippen LogP contribution is 2.34. The molecule has 40 heavy (non-hydrogen) atoms. The molecular weight excluding hydrogens is 497 g/mol. The van der Waals surface area contributed by atoms with Crippen LogP contribution in [0.15, 0.2) is 133 Å². The number of nitrogens with one attached hydrogen (secondary N) is 1. The number of nitrogens with zero attached hydrogens (tertiary/aromatic N) is 4. The first-order valence-corrected chi connectivity index (χ1v) is 13.5. The molecule has 2 aliphatic heterocycles. The van der Waals surface area contributed by atoms with E-state index in [4.69, 9.17) is 5.64 Å². The van der Waals surface area contributed by atoms with Crippen LogP contribution in [-0.2, 0) is 0 Å². The largest absolute Gasteiger partial charge is 0.481 e. The maximum atomic E-state index is 11.3. The number of aliphatic hydroxyl groups excluding tert-OH is 2. The Morgan fingerprint density at radius 2 is 1.10 bits per heavy atom. The van der Waals surface area contributed by atoms with Crippen LogP contribution in [0.1, 0.15) is 0 Å². The van der Waals surface area contributed by atoms with Crippen molar-refractivity contribution in [2.75, 3.05) is 25.9 Å². The van der Waals surface area contributed by atoms with E-state index in [2.05, 4.69) is 43.7 Å². The van der Waals surface area contributed by atoms with Crippen molar-refractivity contribution in [3.8, 4) is 0 Å². The lowest BCUT2D eigenvalue weighted by molar-refractivity contribution is 0.0581. The lowest BCUT2D eigenvalue weighted by atomic mass is 9.54. The maximum Gasteiger partial charge on any atom is 0.481 e. The van der Waals surface area contributed by atoms with Gasteiger partial charge in [-0.3, -0.25) is 4.81 Å². The SMILES string of the molecule is NB1N(c2ccccc2)B(Nc2ccccc2)N(c2ccccc2)B(N2CC(O)C=CC2O)N1c1ccccc1. The van der Waals surface area contributed by atoms with Gasteiger partial charge in [-0.25, -0.2) is 0 Å². The Balaban J connectivity index is 1.59. The number of hydrogen-bond acceptors (Lipinski definition) is 8. The third kappa shape index (κ3) is 5.08. The van der Waals surface area contributed by atoms with E-state index in [9.17, 15) is 10.2 Å². The second-order valence-corrected chi connectivity index (χ2v) is 9.94.